The first-order chi connectivity index (χ1) is 7.38. The zero-order chi connectivity index (χ0) is 10.5. The largest absolute Gasteiger partial charge is 0.303 e. The number of carbonyl (C=O) groups is 1. The Balaban J connectivity index is 1.85. The van der Waals surface area contributed by atoms with Crippen LogP contribution in [0.25, 0.3) is 0 Å². The highest BCUT2D eigenvalue weighted by atomic mass is 32.2. The van der Waals surface area contributed by atoms with Crippen molar-refractivity contribution in [2.24, 2.45) is 5.92 Å². The minimum absolute atomic E-state index is 0.289. The fourth-order valence-corrected chi connectivity index (χ4v) is 2.70. The zero-order valence-electron chi connectivity index (χ0n) is 8.63. The van der Waals surface area contributed by atoms with E-state index in [1.165, 1.54) is 4.90 Å². The van der Waals surface area contributed by atoms with Crippen LogP contribution in [0, 0.1) is 5.92 Å². The van der Waals surface area contributed by atoms with Crippen LogP contribution in [0.1, 0.15) is 12.8 Å². The first-order valence-electron chi connectivity index (χ1n) is 5.32. The van der Waals surface area contributed by atoms with E-state index in [0.29, 0.717) is 0 Å². The van der Waals surface area contributed by atoms with Gasteiger partial charge in [-0.2, -0.15) is 0 Å². The zero-order valence-corrected chi connectivity index (χ0v) is 9.45. The predicted octanol–water partition coefficient (Wildman–Crippen LogP) is 2.60. The molecule has 15 heavy (non-hydrogen) atoms. The Hall–Kier alpha value is -0.800. The number of rotatable bonds is 3. The summed E-state index contributed by atoms with van der Waals surface area (Å²) in [7, 11) is 0. The van der Waals surface area contributed by atoms with Gasteiger partial charge in [-0.15, -0.1) is 0 Å². The Morgan fingerprint density at radius 1 is 1.20 bits per heavy atom. The fraction of sp³-hybridized carbons (Fsp3) is 0.417. The third kappa shape index (κ3) is 3.08. The molecule has 0 amide bonds. The highest BCUT2D eigenvalue weighted by molar-refractivity contribution is 7.97. The van der Waals surface area contributed by atoms with Crippen LogP contribution >= 0.6 is 11.9 Å². The normalized spacial score (nSPS) is 18.9. The molecule has 0 radical (unpaired) electrons. The average Bonchev–Trinajstić information content (AvgIpc) is 2.31. The van der Waals surface area contributed by atoms with Gasteiger partial charge in [-0.05, 0) is 36.9 Å². The SMILES string of the molecule is O=CC1CCN(Sc2ccccc2)CC1. The topological polar surface area (TPSA) is 20.3 Å². The Bertz CT molecular complexity index is 307. The molecule has 80 valence electrons. The molecule has 1 aliphatic rings. The molecule has 0 atom stereocenters. The molecule has 2 rings (SSSR count). The number of benzene rings is 1. The summed E-state index contributed by atoms with van der Waals surface area (Å²) < 4.78 is 2.34. The second-order valence-corrected chi connectivity index (χ2v) is 4.98. The van der Waals surface area contributed by atoms with E-state index in [4.69, 9.17) is 0 Å². The van der Waals surface area contributed by atoms with E-state index >= 15 is 0 Å². The number of aldehydes is 1. The smallest absolute Gasteiger partial charge is 0.123 e. The second-order valence-electron chi connectivity index (χ2n) is 3.81. The van der Waals surface area contributed by atoms with Crippen molar-refractivity contribution >= 4 is 18.2 Å². The lowest BCUT2D eigenvalue weighted by Gasteiger charge is -2.28. The molecule has 1 aliphatic heterocycles. The van der Waals surface area contributed by atoms with Crippen molar-refractivity contribution in [2.75, 3.05) is 13.1 Å². The summed E-state index contributed by atoms with van der Waals surface area (Å²) in [6.07, 6.45) is 3.11. The van der Waals surface area contributed by atoms with Crippen LogP contribution in [-0.4, -0.2) is 23.7 Å². The Labute approximate surface area is 94.8 Å². The summed E-state index contributed by atoms with van der Waals surface area (Å²) >= 11 is 1.79. The van der Waals surface area contributed by atoms with Gasteiger partial charge < -0.3 is 4.79 Å². The Kier molecular flexibility index (Phi) is 3.80. The summed E-state index contributed by atoms with van der Waals surface area (Å²) in [4.78, 5) is 11.9. The van der Waals surface area contributed by atoms with Gasteiger partial charge in [-0.1, -0.05) is 18.2 Å². The lowest BCUT2D eigenvalue weighted by Crippen LogP contribution is -2.28. The quantitative estimate of drug-likeness (QED) is 0.578. The number of carbonyl (C=O) groups excluding carboxylic acids is 1. The van der Waals surface area contributed by atoms with Gasteiger partial charge in [0.05, 0.1) is 0 Å². The van der Waals surface area contributed by atoms with Gasteiger partial charge in [0.2, 0.25) is 0 Å². The maximum absolute atomic E-state index is 10.6. The summed E-state index contributed by atoms with van der Waals surface area (Å²) in [5.74, 6) is 0.289. The van der Waals surface area contributed by atoms with Gasteiger partial charge in [0, 0.05) is 23.9 Å². The van der Waals surface area contributed by atoms with Crippen molar-refractivity contribution in [3.05, 3.63) is 30.3 Å². The van der Waals surface area contributed by atoms with Crippen molar-refractivity contribution in [3.63, 3.8) is 0 Å². The van der Waals surface area contributed by atoms with Crippen LogP contribution < -0.4 is 0 Å². The number of nitrogens with zero attached hydrogens (tertiary/aromatic N) is 1. The molecule has 0 aliphatic carbocycles. The van der Waals surface area contributed by atoms with E-state index < -0.39 is 0 Å². The van der Waals surface area contributed by atoms with Crippen LogP contribution in [-0.2, 0) is 4.79 Å². The molecule has 1 heterocycles. The van der Waals surface area contributed by atoms with Gasteiger partial charge in [0.15, 0.2) is 0 Å². The van der Waals surface area contributed by atoms with Gasteiger partial charge in [0.1, 0.15) is 6.29 Å². The third-order valence-corrected chi connectivity index (χ3v) is 3.78. The number of hydrogen-bond donors (Lipinski definition) is 0. The molecule has 3 heteroatoms. The maximum Gasteiger partial charge on any atom is 0.123 e. The molecule has 0 saturated carbocycles. The van der Waals surface area contributed by atoms with Crippen LogP contribution in [0.15, 0.2) is 35.2 Å². The molecule has 1 aromatic rings. The lowest BCUT2D eigenvalue weighted by atomic mass is 10.0. The number of piperidine rings is 1. The minimum atomic E-state index is 0.289. The van der Waals surface area contributed by atoms with Crippen molar-refractivity contribution < 1.29 is 4.79 Å². The number of hydrogen-bond acceptors (Lipinski definition) is 3. The first kappa shape index (κ1) is 10.7. The van der Waals surface area contributed by atoms with E-state index in [1.54, 1.807) is 11.9 Å². The molecule has 1 saturated heterocycles. The van der Waals surface area contributed by atoms with Crippen molar-refractivity contribution in [1.82, 2.24) is 4.31 Å². The van der Waals surface area contributed by atoms with Crippen LogP contribution in [0.4, 0.5) is 0 Å². The molecule has 0 N–H and O–H groups in total. The molecule has 0 unspecified atom stereocenters. The summed E-state index contributed by atoms with van der Waals surface area (Å²) in [5.41, 5.74) is 0. The average molecular weight is 221 g/mol. The van der Waals surface area contributed by atoms with Crippen LogP contribution in [0.2, 0.25) is 0 Å². The van der Waals surface area contributed by atoms with Crippen molar-refractivity contribution in [1.29, 1.82) is 0 Å². The van der Waals surface area contributed by atoms with Gasteiger partial charge in [0.25, 0.3) is 0 Å². The van der Waals surface area contributed by atoms with Gasteiger partial charge in [-0.25, -0.2) is 4.31 Å². The highest BCUT2D eigenvalue weighted by Crippen LogP contribution is 2.27. The van der Waals surface area contributed by atoms with E-state index in [2.05, 4.69) is 28.6 Å². The van der Waals surface area contributed by atoms with Crippen LogP contribution in [0.5, 0.6) is 0 Å². The summed E-state index contributed by atoms with van der Waals surface area (Å²) in [6.45, 7) is 2.03. The van der Waals surface area contributed by atoms with E-state index in [0.717, 1.165) is 32.2 Å². The summed E-state index contributed by atoms with van der Waals surface area (Å²) in [5, 5.41) is 0. The highest BCUT2D eigenvalue weighted by Gasteiger charge is 2.18. The third-order valence-electron chi connectivity index (χ3n) is 2.67. The van der Waals surface area contributed by atoms with E-state index in [1.807, 2.05) is 6.07 Å². The molecular weight excluding hydrogens is 206 g/mol. The molecule has 1 fully saturated rings. The monoisotopic (exact) mass is 221 g/mol. The second kappa shape index (κ2) is 5.33. The van der Waals surface area contributed by atoms with Gasteiger partial charge in [-0.3, -0.25) is 0 Å². The molecule has 1 aromatic carbocycles. The fourth-order valence-electron chi connectivity index (χ4n) is 1.73. The molecule has 0 bridgehead atoms. The first-order valence-corrected chi connectivity index (χ1v) is 6.09. The Morgan fingerprint density at radius 2 is 1.87 bits per heavy atom. The maximum atomic E-state index is 10.6. The predicted molar refractivity (Wildman–Crippen MR) is 62.7 cm³/mol. The van der Waals surface area contributed by atoms with Crippen molar-refractivity contribution in [3.8, 4) is 0 Å². The Morgan fingerprint density at radius 3 is 2.47 bits per heavy atom. The minimum Gasteiger partial charge on any atom is -0.303 e. The van der Waals surface area contributed by atoms with Gasteiger partial charge >= 0.3 is 0 Å². The molecule has 0 aromatic heterocycles. The van der Waals surface area contributed by atoms with E-state index in [9.17, 15) is 4.79 Å². The molecular formula is C12H15NOS. The standard InChI is InChI=1S/C12H15NOS/c14-10-11-6-8-13(9-7-11)15-12-4-2-1-3-5-12/h1-5,10-11H,6-9H2. The van der Waals surface area contributed by atoms with Crippen molar-refractivity contribution in [2.45, 2.75) is 17.7 Å². The summed E-state index contributed by atoms with van der Waals surface area (Å²) in [6, 6.07) is 10.4. The molecule has 2 nitrogen and oxygen atoms in total. The van der Waals surface area contributed by atoms with E-state index in [-0.39, 0.29) is 5.92 Å². The lowest BCUT2D eigenvalue weighted by molar-refractivity contribution is -0.112. The van der Waals surface area contributed by atoms with Crippen LogP contribution in [0.3, 0.4) is 0 Å². The molecule has 0 spiro atoms.